The van der Waals surface area contributed by atoms with Crippen LogP contribution in [0.1, 0.15) is 12.0 Å². The lowest BCUT2D eigenvalue weighted by molar-refractivity contribution is 0.192. The smallest absolute Gasteiger partial charge is 0.324 e. The molecule has 0 saturated carbocycles. The number of urea groups is 1. The van der Waals surface area contributed by atoms with Gasteiger partial charge in [-0.05, 0) is 36.2 Å². The highest BCUT2D eigenvalue weighted by Crippen LogP contribution is 2.34. The molecule has 1 N–H and O–H groups in total. The molecule has 1 aliphatic heterocycles. The van der Waals surface area contributed by atoms with Crippen LogP contribution in [0.3, 0.4) is 0 Å². The summed E-state index contributed by atoms with van der Waals surface area (Å²) in [5.74, 6) is 1.50. The summed E-state index contributed by atoms with van der Waals surface area (Å²) in [6, 6.07) is 13.7. The maximum absolute atomic E-state index is 13.2. The number of H-pyrrole nitrogens is 1. The molecule has 0 spiro atoms. The van der Waals surface area contributed by atoms with Gasteiger partial charge in [-0.1, -0.05) is 12.1 Å². The van der Waals surface area contributed by atoms with Crippen molar-refractivity contribution in [2.45, 2.75) is 13.0 Å². The second-order valence-corrected chi connectivity index (χ2v) is 6.93. The molecule has 0 bridgehead atoms. The largest absolute Gasteiger partial charge is 0.497 e. The van der Waals surface area contributed by atoms with Gasteiger partial charge in [-0.3, -0.25) is 10.00 Å². The summed E-state index contributed by atoms with van der Waals surface area (Å²) >= 11 is 0. The van der Waals surface area contributed by atoms with Gasteiger partial charge in [0.2, 0.25) is 0 Å². The van der Waals surface area contributed by atoms with Crippen LogP contribution in [0.25, 0.3) is 11.1 Å². The molecule has 3 aromatic rings. The van der Waals surface area contributed by atoms with Gasteiger partial charge in [-0.15, -0.1) is 0 Å². The van der Waals surface area contributed by atoms with Crippen molar-refractivity contribution in [2.75, 3.05) is 32.2 Å². The van der Waals surface area contributed by atoms with E-state index in [0.717, 1.165) is 41.1 Å². The van der Waals surface area contributed by atoms with Gasteiger partial charge in [0.15, 0.2) is 0 Å². The fourth-order valence-corrected chi connectivity index (χ4v) is 3.64. The van der Waals surface area contributed by atoms with Crippen LogP contribution in [0.5, 0.6) is 11.5 Å². The average molecular weight is 392 g/mol. The Morgan fingerprint density at radius 1 is 1.10 bits per heavy atom. The summed E-state index contributed by atoms with van der Waals surface area (Å²) in [7, 11) is 3.28. The van der Waals surface area contributed by atoms with Gasteiger partial charge in [0.25, 0.3) is 0 Å². The van der Waals surface area contributed by atoms with E-state index in [1.807, 2.05) is 58.5 Å². The van der Waals surface area contributed by atoms with Gasteiger partial charge in [-0.2, -0.15) is 5.10 Å². The first-order valence-electron chi connectivity index (χ1n) is 9.56. The zero-order valence-electron chi connectivity index (χ0n) is 16.6. The zero-order valence-corrected chi connectivity index (χ0v) is 16.6. The number of aromatic nitrogens is 2. The Morgan fingerprint density at radius 2 is 2.00 bits per heavy atom. The second kappa shape index (κ2) is 8.26. The van der Waals surface area contributed by atoms with E-state index < -0.39 is 0 Å². The first-order valence-corrected chi connectivity index (χ1v) is 9.56. The molecule has 1 saturated heterocycles. The minimum absolute atomic E-state index is 0.00261. The Hall–Kier alpha value is -3.48. The van der Waals surface area contributed by atoms with Crippen molar-refractivity contribution in [3.05, 3.63) is 60.4 Å². The van der Waals surface area contributed by atoms with Gasteiger partial charge >= 0.3 is 6.03 Å². The molecular formula is C22H24N4O3. The van der Waals surface area contributed by atoms with Crippen molar-refractivity contribution in [1.82, 2.24) is 15.1 Å². The van der Waals surface area contributed by atoms with E-state index in [9.17, 15) is 4.79 Å². The number of carbonyl (C=O) groups is 1. The molecule has 1 aliphatic rings. The molecule has 4 rings (SSSR count). The van der Waals surface area contributed by atoms with E-state index >= 15 is 0 Å². The van der Waals surface area contributed by atoms with E-state index in [4.69, 9.17) is 9.47 Å². The van der Waals surface area contributed by atoms with Gasteiger partial charge in [-0.25, -0.2) is 4.79 Å². The van der Waals surface area contributed by atoms with Crippen LogP contribution in [-0.2, 0) is 6.54 Å². The number of anilines is 1. The quantitative estimate of drug-likeness (QED) is 0.690. The normalized spacial score (nSPS) is 14.2. The van der Waals surface area contributed by atoms with E-state index in [2.05, 4.69) is 10.2 Å². The average Bonchev–Trinajstić information content (AvgIpc) is 3.29. The Labute approximate surface area is 169 Å². The van der Waals surface area contributed by atoms with Crippen LogP contribution in [0.4, 0.5) is 10.5 Å². The summed E-state index contributed by atoms with van der Waals surface area (Å²) < 4.78 is 10.9. The molecule has 0 radical (unpaired) electrons. The summed E-state index contributed by atoms with van der Waals surface area (Å²) in [6.45, 7) is 1.97. The van der Waals surface area contributed by atoms with Crippen LogP contribution in [0.15, 0.2) is 54.9 Å². The monoisotopic (exact) mass is 392 g/mol. The number of hydrogen-bond acceptors (Lipinski definition) is 4. The van der Waals surface area contributed by atoms with Crippen LogP contribution < -0.4 is 14.4 Å². The Kier molecular flexibility index (Phi) is 5.37. The molecule has 0 atom stereocenters. The standard InChI is InChI=1S/C22H24N4O3/c1-28-19-6-3-5-16(11-19)15-25-9-4-10-26(22(25)27)18-7-8-20(21(12-18)29-2)17-13-23-24-14-17/h3,5-8,11-14H,4,9-10,15H2,1-2H3,(H,23,24). The van der Waals surface area contributed by atoms with E-state index in [1.165, 1.54) is 0 Å². The number of ether oxygens (including phenoxy) is 2. The third kappa shape index (κ3) is 3.89. The van der Waals surface area contributed by atoms with Crippen LogP contribution in [0.2, 0.25) is 0 Å². The van der Waals surface area contributed by atoms with Crippen molar-refractivity contribution in [3.63, 3.8) is 0 Å². The maximum Gasteiger partial charge on any atom is 0.324 e. The third-order valence-corrected chi connectivity index (χ3v) is 5.12. The van der Waals surface area contributed by atoms with Crippen LogP contribution in [0, 0.1) is 0 Å². The predicted octanol–water partition coefficient (Wildman–Crippen LogP) is 3.93. The van der Waals surface area contributed by atoms with Crippen molar-refractivity contribution < 1.29 is 14.3 Å². The number of rotatable bonds is 6. The summed E-state index contributed by atoms with van der Waals surface area (Å²) in [5.41, 5.74) is 3.75. The minimum Gasteiger partial charge on any atom is -0.497 e. The predicted molar refractivity (Wildman–Crippen MR) is 111 cm³/mol. The molecular weight excluding hydrogens is 368 g/mol. The third-order valence-electron chi connectivity index (χ3n) is 5.12. The first-order chi connectivity index (χ1) is 14.2. The molecule has 29 heavy (non-hydrogen) atoms. The first kappa shape index (κ1) is 18.9. The second-order valence-electron chi connectivity index (χ2n) is 6.93. The molecule has 1 fully saturated rings. The number of nitrogens with one attached hydrogen (secondary N) is 1. The van der Waals surface area contributed by atoms with Gasteiger partial charge < -0.3 is 14.4 Å². The number of nitrogens with zero attached hydrogens (tertiary/aromatic N) is 3. The van der Waals surface area contributed by atoms with Crippen molar-refractivity contribution in [1.29, 1.82) is 0 Å². The van der Waals surface area contributed by atoms with E-state index in [-0.39, 0.29) is 6.03 Å². The van der Waals surface area contributed by atoms with Crippen LogP contribution in [-0.4, -0.2) is 48.4 Å². The SMILES string of the molecule is COc1cccc(CN2CCCN(c3ccc(-c4cn[nH]c4)c(OC)c3)C2=O)c1. The molecule has 1 aromatic heterocycles. The van der Waals surface area contributed by atoms with Gasteiger partial charge in [0, 0.05) is 48.7 Å². The molecule has 7 nitrogen and oxygen atoms in total. The molecule has 0 unspecified atom stereocenters. The van der Waals surface area contributed by atoms with Crippen molar-refractivity contribution >= 4 is 11.7 Å². The molecule has 2 aromatic carbocycles. The molecule has 0 aliphatic carbocycles. The van der Waals surface area contributed by atoms with Gasteiger partial charge in [0.05, 0.1) is 20.4 Å². The zero-order chi connectivity index (χ0) is 20.2. The fourth-order valence-electron chi connectivity index (χ4n) is 3.64. The Balaban J connectivity index is 1.56. The number of methoxy groups -OCH3 is 2. The van der Waals surface area contributed by atoms with E-state index in [0.29, 0.717) is 18.8 Å². The number of amides is 2. The molecule has 2 amide bonds. The lowest BCUT2D eigenvalue weighted by Crippen LogP contribution is -2.49. The lowest BCUT2D eigenvalue weighted by Gasteiger charge is -2.36. The van der Waals surface area contributed by atoms with Crippen molar-refractivity contribution in [2.24, 2.45) is 0 Å². The van der Waals surface area contributed by atoms with Gasteiger partial charge in [0.1, 0.15) is 11.5 Å². The van der Waals surface area contributed by atoms with Crippen molar-refractivity contribution in [3.8, 4) is 22.6 Å². The van der Waals surface area contributed by atoms with E-state index in [1.54, 1.807) is 20.4 Å². The maximum atomic E-state index is 13.2. The molecule has 2 heterocycles. The lowest BCUT2D eigenvalue weighted by atomic mass is 10.1. The number of aromatic amines is 1. The molecule has 150 valence electrons. The Bertz CT molecular complexity index is 987. The molecule has 7 heteroatoms. The summed E-state index contributed by atoms with van der Waals surface area (Å²) in [4.78, 5) is 16.8. The minimum atomic E-state index is -0.00261. The van der Waals surface area contributed by atoms with Crippen LogP contribution >= 0.6 is 0 Å². The number of benzene rings is 2. The highest BCUT2D eigenvalue weighted by Gasteiger charge is 2.27. The highest BCUT2D eigenvalue weighted by atomic mass is 16.5. The number of hydrogen-bond donors (Lipinski definition) is 1. The highest BCUT2D eigenvalue weighted by molar-refractivity contribution is 5.93. The summed E-state index contributed by atoms with van der Waals surface area (Å²) in [6.07, 6.45) is 4.47. The Morgan fingerprint density at radius 3 is 2.76 bits per heavy atom. The summed E-state index contributed by atoms with van der Waals surface area (Å²) in [5, 5.41) is 6.82. The number of carbonyl (C=O) groups excluding carboxylic acids is 1. The topological polar surface area (TPSA) is 70.7 Å². The fraction of sp³-hybridized carbons (Fsp3) is 0.273.